The standard InChI is InChI=1S/C17H25N3S/c18-12-7-13-20(14-8-3-1-2-4-9-14)17-15-10-5-6-11-16(15)19-21-17/h5-6,10-11,14H,1-4,7-9,12-13,18H2. The number of rotatable bonds is 5. The van der Waals surface area contributed by atoms with Crippen molar-refractivity contribution in [3.8, 4) is 0 Å². The molecule has 21 heavy (non-hydrogen) atoms. The van der Waals surface area contributed by atoms with Gasteiger partial charge in [0.25, 0.3) is 0 Å². The van der Waals surface area contributed by atoms with Crippen LogP contribution in [-0.2, 0) is 0 Å². The third-order valence-electron chi connectivity index (χ3n) is 4.49. The lowest BCUT2D eigenvalue weighted by Crippen LogP contribution is -2.36. The molecule has 114 valence electrons. The zero-order chi connectivity index (χ0) is 14.5. The van der Waals surface area contributed by atoms with Gasteiger partial charge in [-0.3, -0.25) is 0 Å². The smallest absolute Gasteiger partial charge is 0.120 e. The van der Waals surface area contributed by atoms with Gasteiger partial charge in [0.15, 0.2) is 0 Å². The van der Waals surface area contributed by atoms with Crippen LogP contribution in [-0.4, -0.2) is 23.5 Å². The molecular formula is C17H25N3S. The topological polar surface area (TPSA) is 42.1 Å². The molecule has 1 aliphatic rings. The van der Waals surface area contributed by atoms with Gasteiger partial charge in [0, 0.05) is 18.0 Å². The molecule has 1 aromatic heterocycles. The van der Waals surface area contributed by atoms with Crippen molar-refractivity contribution in [3.63, 3.8) is 0 Å². The maximum atomic E-state index is 5.76. The van der Waals surface area contributed by atoms with E-state index in [2.05, 4.69) is 33.5 Å². The van der Waals surface area contributed by atoms with Crippen molar-refractivity contribution >= 4 is 27.4 Å². The Morgan fingerprint density at radius 3 is 2.67 bits per heavy atom. The van der Waals surface area contributed by atoms with Crippen LogP contribution in [0.15, 0.2) is 24.3 Å². The molecule has 0 unspecified atom stereocenters. The summed E-state index contributed by atoms with van der Waals surface area (Å²) in [6.45, 7) is 1.83. The third kappa shape index (κ3) is 3.38. The van der Waals surface area contributed by atoms with E-state index in [1.54, 1.807) is 11.5 Å². The van der Waals surface area contributed by atoms with Crippen molar-refractivity contribution in [1.29, 1.82) is 0 Å². The first-order valence-electron chi connectivity index (χ1n) is 8.21. The second kappa shape index (κ2) is 7.23. The van der Waals surface area contributed by atoms with Crippen molar-refractivity contribution in [2.24, 2.45) is 5.73 Å². The van der Waals surface area contributed by atoms with Crippen LogP contribution in [0, 0.1) is 0 Å². The first kappa shape index (κ1) is 14.8. The zero-order valence-corrected chi connectivity index (χ0v) is 13.4. The largest absolute Gasteiger partial charge is 0.359 e. The van der Waals surface area contributed by atoms with Crippen molar-refractivity contribution in [3.05, 3.63) is 24.3 Å². The van der Waals surface area contributed by atoms with Gasteiger partial charge in [0.05, 0.1) is 5.52 Å². The number of nitrogens with two attached hydrogens (primary N) is 1. The highest BCUT2D eigenvalue weighted by atomic mass is 32.1. The van der Waals surface area contributed by atoms with Crippen molar-refractivity contribution in [1.82, 2.24) is 4.37 Å². The summed E-state index contributed by atoms with van der Waals surface area (Å²) in [6.07, 6.45) is 9.20. The molecule has 1 fully saturated rings. The maximum Gasteiger partial charge on any atom is 0.120 e. The number of benzene rings is 1. The van der Waals surface area contributed by atoms with E-state index >= 15 is 0 Å². The van der Waals surface area contributed by atoms with E-state index in [1.165, 1.54) is 48.9 Å². The molecule has 1 aromatic carbocycles. The quantitative estimate of drug-likeness (QED) is 0.843. The van der Waals surface area contributed by atoms with Gasteiger partial charge >= 0.3 is 0 Å². The van der Waals surface area contributed by atoms with Crippen molar-refractivity contribution in [2.75, 3.05) is 18.0 Å². The average molecular weight is 303 g/mol. The summed E-state index contributed by atoms with van der Waals surface area (Å²) in [5.41, 5.74) is 6.89. The molecule has 2 N–H and O–H groups in total. The minimum absolute atomic E-state index is 0.669. The van der Waals surface area contributed by atoms with Crippen LogP contribution in [0.2, 0.25) is 0 Å². The summed E-state index contributed by atoms with van der Waals surface area (Å²) in [4.78, 5) is 2.61. The van der Waals surface area contributed by atoms with E-state index in [4.69, 9.17) is 5.73 Å². The predicted molar refractivity (Wildman–Crippen MR) is 92.1 cm³/mol. The van der Waals surface area contributed by atoms with Crippen LogP contribution in [0.25, 0.3) is 10.9 Å². The van der Waals surface area contributed by atoms with E-state index in [0.717, 1.165) is 25.0 Å². The molecule has 0 saturated heterocycles. The molecule has 0 radical (unpaired) electrons. The highest BCUT2D eigenvalue weighted by molar-refractivity contribution is 7.11. The molecule has 1 aliphatic carbocycles. The first-order chi connectivity index (χ1) is 10.4. The highest BCUT2D eigenvalue weighted by Gasteiger charge is 2.23. The Hall–Kier alpha value is -1.13. The van der Waals surface area contributed by atoms with Gasteiger partial charge in [-0.1, -0.05) is 37.8 Å². The van der Waals surface area contributed by atoms with E-state index in [0.29, 0.717) is 6.04 Å². The Morgan fingerprint density at radius 1 is 1.14 bits per heavy atom. The highest BCUT2D eigenvalue weighted by Crippen LogP contribution is 2.35. The molecule has 2 aromatic rings. The van der Waals surface area contributed by atoms with E-state index < -0.39 is 0 Å². The lowest BCUT2D eigenvalue weighted by molar-refractivity contribution is 0.522. The second-order valence-corrected chi connectivity index (χ2v) is 6.74. The predicted octanol–water partition coefficient (Wildman–Crippen LogP) is 4.17. The number of anilines is 1. The number of hydrogen-bond acceptors (Lipinski definition) is 4. The van der Waals surface area contributed by atoms with Gasteiger partial charge in [0.2, 0.25) is 0 Å². The third-order valence-corrected chi connectivity index (χ3v) is 5.41. The normalized spacial score (nSPS) is 17.0. The van der Waals surface area contributed by atoms with Gasteiger partial charge in [-0.25, -0.2) is 0 Å². The molecule has 1 heterocycles. The molecule has 0 bridgehead atoms. The minimum atomic E-state index is 0.669. The number of nitrogens with zero attached hydrogens (tertiary/aromatic N) is 2. The Morgan fingerprint density at radius 2 is 1.90 bits per heavy atom. The van der Waals surface area contributed by atoms with Gasteiger partial charge in [-0.2, -0.15) is 4.37 Å². The average Bonchev–Trinajstić information content (AvgIpc) is 2.75. The van der Waals surface area contributed by atoms with Gasteiger partial charge in [0.1, 0.15) is 5.00 Å². The fraction of sp³-hybridized carbons (Fsp3) is 0.588. The fourth-order valence-electron chi connectivity index (χ4n) is 3.36. The SMILES string of the molecule is NCCCN(c1snc2ccccc12)C1CCCCCC1. The molecule has 0 spiro atoms. The molecule has 0 atom stereocenters. The molecule has 1 saturated carbocycles. The summed E-state index contributed by atoms with van der Waals surface area (Å²) >= 11 is 1.66. The molecule has 3 rings (SSSR count). The zero-order valence-electron chi connectivity index (χ0n) is 12.6. The summed E-state index contributed by atoms with van der Waals surface area (Å²) in [5.74, 6) is 0. The Bertz CT molecular complexity index is 558. The maximum absolute atomic E-state index is 5.76. The summed E-state index contributed by atoms with van der Waals surface area (Å²) in [7, 11) is 0. The van der Waals surface area contributed by atoms with Crippen LogP contribution in [0.1, 0.15) is 44.9 Å². The summed E-state index contributed by atoms with van der Waals surface area (Å²) in [6, 6.07) is 9.18. The van der Waals surface area contributed by atoms with Crippen LogP contribution in [0.5, 0.6) is 0 Å². The molecule has 0 amide bonds. The lowest BCUT2D eigenvalue weighted by Gasteiger charge is -2.32. The molecule has 3 nitrogen and oxygen atoms in total. The molecule has 0 aliphatic heterocycles. The lowest BCUT2D eigenvalue weighted by atomic mass is 10.1. The van der Waals surface area contributed by atoms with E-state index in [-0.39, 0.29) is 0 Å². The van der Waals surface area contributed by atoms with Crippen LogP contribution < -0.4 is 10.6 Å². The van der Waals surface area contributed by atoms with Crippen molar-refractivity contribution in [2.45, 2.75) is 51.0 Å². The first-order valence-corrected chi connectivity index (χ1v) is 8.98. The Balaban J connectivity index is 1.90. The van der Waals surface area contributed by atoms with Gasteiger partial charge in [-0.05, 0) is 49.5 Å². The number of fused-ring (bicyclic) bond motifs is 1. The number of aromatic nitrogens is 1. The van der Waals surface area contributed by atoms with Gasteiger partial charge in [-0.15, -0.1) is 0 Å². The summed E-state index contributed by atoms with van der Waals surface area (Å²) < 4.78 is 4.63. The monoisotopic (exact) mass is 303 g/mol. The summed E-state index contributed by atoms with van der Waals surface area (Å²) in [5, 5.41) is 2.66. The minimum Gasteiger partial charge on any atom is -0.359 e. The van der Waals surface area contributed by atoms with Gasteiger partial charge < -0.3 is 10.6 Å². The van der Waals surface area contributed by atoms with E-state index in [1.807, 2.05) is 0 Å². The fourth-order valence-corrected chi connectivity index (χ4v) is 4.32. The van der Waals surface area contributed by atoms with Crippen molar-refractivity contribution < 1.29 is 0 Å². The Kier molecular flexibility index (Phi) is 5.09. The van der Waals surface area contributed by atoms with Crippen LogP contribution >= 0.6 is 11.5 Å². The molecular weight excluding hydrogens is 278 g/mol. The number of hydrogen-bond donors (Lipinski definition) is 1. The Labute approximate surface area is 131 Å². The van der Waals surface area contributed by atoms with Crippen LogP contribution in [0.3, 0.4) is 0 Å². The van der Waals surface area contributed by atoms with Crippen LogP contribution in [0.4, 0.5) is 5.00 Å². The molecule has 4 heteroatoms. The van der Waals surface area contributed by atoms with E-state index in [9.17, 15) is 0 Å². The second-order valence-electron chi connectivity index (χ2n) is 5.99.